The Kier molecular flexibility index (Phi) is 4.25. The number of nitrogens with one attached hydrogen (secondary N) is 1. The van der Waals surface area contributed by atoms with Gasteiger partial charge in [0.2, 0.25) is 0 Å². The topological polar surface area (TPSA) is 65.8 Å². The molecule has 0 spiro atoms. The average molecular weight is 340 g/mol. The Morgan fingerprint density at radius 1 is 1.56 bits per heavy atom. The predicted molar refractivity (Wildman–Crippen MR) is 76.4 cm³/mol. The third-order valence-corrected chi connectivity index (χ3v) is 4.16. The lowest BCUT2D eigenvalue weighted by atomic mass is 10.2. The average Bonchev–Trinajstić information content (AvgIpc) is 2.97. The fourth-order valence-electron chi connectivity index (χ4n) is 1.15. The Hall–Kier alpha value is -1.49. The summed E-state index contributed by atoms with van der Waals surface area (Å²) in [6.45, 7) is 0. The zero-order valence-electron chi connectivity index (χ0n) is 8.88. The number of rotatable bonds is 3. The van der Waals surface area contributed by atoms with Gasteiger partial charge in [0.1, 0.15) is 11.6 Å². The molecule has 0 aliphatic carbocycles. The van der Waals surface area contributed by atoms with E-state index < -0.39 is 5.91 Å². The van der Waals surface area contributed by atoms with Crippen molar-refractivity contribution in [2.75, 3.05) is 5.32 Å². The van der Waals surface area contributed by atoms with Crippen molar-refractivity contribution in [2.24, 2.45) is 0 Å². The normalized spacial score (nSPS) is 11.0. The van der Waals surface area contributed by atoms with Crippen LogP contribution in [0, 0.1) is 11.3 Å². The minimum atomic E-state index is -0.447. The second-order valence-electron chi connectivity index (χ2n) is 3.10. The Balaban J connectivity index is 2.16. The van der Waals surface area contributed by atoms with E-state index in [0.29, 0.717) is 5.13 Å². The van der Waals surface area contributed by atoms with Crippen molar-refractivity contribution >= 4 is 55.7 Å². The van der Waals surface area contributed by atoms with Crippen LogP contribution in [0.4, 0.5) is 5.13 Å². The van der Waals surface area contributed by atoms with E-state index in [9.17, 15) is 4.79 Å². The summed E-state index contributed by atoms with van der Waals surface area (Å²) in [6, 6.07) is 5.59. The van der Waals surface area contributed by atoms with Crippen LogP contribution in [0.25, 0.3) is 6.08 Å². The number of aromatic nitrogens is 1. The van der Waals surface area contributed by atoms with Gasteiger partial charge in [0.05, 0.1) is 3.79 Å². The Morgan fingerprint density at radius 2 is 2.39 bits per heavy atom. The SMILES string of the molecule is N#C/C(=C\c1ccc(Br)s1)C(=O)Nc1nccs1. The maximum absolute atomic E-state index is 11.8. The van der Waals surface area contributed by atoms with Crippen LogP contribution in [-0.2, 0) is 4.79 Å². The minimum Gasteiger partial charge on any atom is -0.297 e. The highest BCUT2D eigenvalue weighted by Crippen LogP contribution is 2.24. The van der Waals surface area contributed by atoms with Crippen LogP contribution in [0.15, 0.2) is 33.1 Å². The number of carbonyl (C=O) groups is 1. The van der Waals surface area contributed by atoms with Gasteiger partial charge in [-0.3, -0.25) is 10.1 Å². The van der Waals surface area contributed by atoms with Crippen LogP contribution >= 0.6 is 38.6 Å². The zero-order valence-corrected chi connectivity index (χ0v) is 12.1. The summed E-state index contributed by atoms with van der Waals surface area (Å²) in [5, 5.41) is 13.8. The van der Waals surface area contributed by atoms with Gasteiger partial charge < -0.3 is 0 Å². The highest BCUT2D eigenvalue weighted by atomic mass is 79.9. The first-order chi connectivity index (χ1) is 8.69. The van der Waals surface area contributed by atoms with Gasteiger partial charge in [-0.25, -0.2) is 4.98 Å². The lowest BCUT2D eigenvalue weighted by Gasteiger charge is -1.98. The van der Waals surface area contributed by atoms with E-state index in [0.717, 1.165) is 8.66 Å². The molecular formula is C11H6BrN3OS2. The molecule has 0 saturated heterocycles. The summed E-state index contributed by atoms with van der Waals surface area (Å²) >= 11 is 6.08. The van der Waals surface area contributed by atoms with E-state index >= 15 is 0 Å². The molecule has 1 amide bonds. The first-order valence-electron chi connectivity index (χ1n) is 4.77. The summed E-state index contributed by atoms with van der Waals surface area (Å²) in [7, 11) is 0. The molecular weight excluding hydrogens is 334 g/mol. The van der Waals surface area contributed by atoms with Crippen molar-refractivity contribution in [1.82, 2.24) is 4.98 Å². The van der Waals surface area contributed by atoms with Crippen molar-refractivity contribution in [3.63, 3.8) is 0 Å². The van der Waals surface area contributed by atoms with Gasteiger partial charge in [-0.2, -0.15) is 5.26 Å². The number of thiophene rings is 1. The Morgan fingerprint density at radius 3 is 2.94 bits per heavy atom. The van der Waals surface area contributed by atoms with Crippen LogP contribution in [0.5, 0.6) is 0 Å². The van der Waals surface area contributed by atoms with Gasteiger partial charge >= 0.3 is 0 Å². The van der Waals surface area contributed by atoms with Crippen molar-refractivity contribution in [3.8, 4) is 6.07 Å². The predicted octanol–water partition coefficient (Wildman–Crippen LogP) is 3.51. The van der Waals surface area contributed by atoms with Crippen LogP contribution < -0.4 is 5.32 Å². The lowest BCUT2D eigenvalue weighted by Crippen LogP contribution is -2.12. The number of hydrogen-bond donors (Lipinski definition) is 1. The molecule has 0 radical (unpaired) electrons. The molecule has 0 saturated carbocycles. The molecule has 18 heavy (non-hydrogen) atoms. The summed E-state index contributed by atoms with van der Waals surface area (Å²) in [6.07, 6.45) is 3.14. The molecule has 0 unspecified atom stereocenters. The first-order valence-corrected chi connectivity index (χ1v) is 7.26. The lowest BCUT2D eigenvalue weighted by molar-refractivity contribution is -0.112. The summed E-state index contributed by atoms with van der Waals surface area (Å²) < 4.78 is 0.950. The fourth-order valence-corrected chi connectivity index (χ4v) is 3.04. The highest BCUT2D eigenvalue weighted by molar-refractivity contribution is 9.11. The molecule has 0 aliphatic rings. The molecule has 1 N–H and O–H groups in total. The molecule has 0 aliphatic heterocycles. The standard InChI is InChI=1S/C11H6BrN3OS2/c12-9-2-1-8(18-9)5-7(6-13)10(16)15-11-14-3-4-17-11/h1-5H,(H,14,15,16)/b7-5+. The fraction of sp³-hybridized carbons (Fsp3) is 0. The largest absolute Gasteiger partial charge is 0.297 e. The molecule has 0 bridgehead atoms. The van der Waals surface area contributed by atoms with Gasteiger partial charge in [0.25, 0.3) is 5.91 Å². The van der Waals surface area contributed by atoms with Crippen molar-refractivity contribution < 1.29 is 4.79 Å². The first kappa shape index (κ1) is 13.0. The van der Waals surface area contributed by atoms with Crippen molar-refractivity contribution in [2.45, 2.75) is 0 Å². The van der Waals surface area contributed by atoms with Gasteiger partial charge in [-0.1, -0.05) is 0 Å². The number of nitrogens with zero attached hydrogens (tertiary/aromatic N) is 2. The smallest absolute Gasteiger partial charge is 0.268 e. The van der Waals surface area contributed by atoms with Gasteiger partial charge in [-0.05, 0) is 34.1 Å². The van der Waals surface area contributed by atoms with Gasteiger partial charge in [-0.15, -0.1) is 22.7 Å². The molecule has 7 heteroatoms. The molecule has 0 aromatic carbocycles. The molecule has 2 rings (SSSR count). The zero-order chi connectivity index (χ0) is 13.0. The molecule has 4 nitrogen and oxygen atoms in total. The minimum absolute atomic E-state index is 0.0551. The van der Waals surface area contributed by atoms with E-state index in [-0.39, 0.29) is 5.57 Å². The van der Waals surface area contributed by atoms with E-state index in [1.807, 2.05) is 18.2 Å². The maximum atomic E-state index is 11.8. The van der Waals surface area contributed by atoms with Crippen LogP contribution in [0.1, 0.15) is 4.88 Å². The molecule has 0 fully saturated rings. The van der Waals surface area contributed by atoms with Crippen LogP contribution in [0.3, 0.4) is 0 Å². The summed E-state index contributed by atoms with van der Waals surface area (Å²) in [4.78, 5) is 16.6. The van der Waals surface area contributed by atoms with Gasteiger partial charge in [0.15, 0.2) is 5.13 Å². The van der Waals surface area contributed by atoms with E-state index in [1.54, 1.807) is 17.7 Å². The monoisotopic (exact) mass is 339 g/mol. The number of hydrogen-bond acceptors (Lipinski definition) is 5. The molecule has 2 aromatic heterocycles. The second kappa shape index (κ2) is 5.91. The van der Waals surface area contributed by atoms with Crippen LogP contribution in [-0.4, -0.2) is 10.9 Å². The molecule has 2 aromatic rings. The highest BCUT2D eigenvalue weighted by Gasteiger charge is 2.11. The molecule has 2 heterocycles. The summed E-state index contributed by atoms with van der Waals surface area (Å²) in [5.41, 5.74) is 0.0551. The van der Waals surface area contributed by atoms with Gasteiger partial charge in [0, 0.05) is 16.5 Å². The van der Waals surface area contributed by atoms with Crippen molar-refractivity contribution in [1.29, 1.82) is 5.26 Å². The Bertz CT molecular complexity index is 625. The third-order valence-electron chi connectivity index (χ3n) is 1.90. The maximum Gasteiger partial charge on any atom is 0.268 e. The number of anilines is 1. The van der Waals surface area contributed by atoms with E-state index in [4.69, 9.17) is 5.26 Å². The number of carbonyl (C=O) groups excluding carboxylic acids is 1. The molecule has 90 valence electrons. The van der Waals surface area contributed by atoms with E-state index in [2.05, 4.69) is 26.2 Å². The second-order valence-corrected chi connectivity index (χ2v) is 6.49. The number of amides is 1. The number of halogens is 1. The third kappa shape index (κ3) is 3.26. The Labute approximate surface area is 120 Å². The quantitative estimate of drug-likeness (QED) is 0.687. The number of nitriles is 1. The van der Waals surface area contributed by atoms with Crippen LogP contribution in [0.2, 0.25) is 0 Å². The summed E-state index contributed by atoms with van der Waals surface area (Å²) in [5.74, 6) is -0.447. The number of thiazole rings is 1. The molecule has 0 atom stereocenters. The van der Waals surface area contributed by atoms with Crippen molar-refractivity contribution in [3.05, 3.63) is 37.9 Å². The van der Waals surface area contributed by atoms with E-state index in [1.165, 1.54) is 22.7 Å².